The van der Waals surface area contributed by atoms with Gasteiger partial charge in [-0.25, -0.2) is 0 Å². The van der Waals surface area contributed by atoms with Gasteiger partial charge in [-0.2, -0.15) is 0 Å². The molecule has 1 heterocycles. The van der Waals surface area contributed by atoms with Gasteiger partial charge in [-0.1, -0.05) is 0 Å². The van der Waals surface area contributed by atoms with Crippen molar-refractivity contribution in [1.82, 2.24) is 4.90 Å². The number of piperidine rings is 1. The van der Waals surface area contributed by atoms with Gasteiger partial charge in [0.1, 0.15) is 0 Å². The first-order valence-electron chi connectivity index (χ1n) is 9.30. The molecule has 1 fully saturated rings. The van der Waals surface area contributed by atoms with Gasteiger partial charge >= 0.3 is 5.97 Å². The first-order chi connectivity index (χ1) is 12.0. The molecule has 0 aromatic heterocycles. The van der Waals surface area contributed by atoms with Crippen molar-refractivity contribution in [3.63, 3.8) is 0 Å². The third kappa shape index (κ3) is 4.74. The Bertz CT molecular complexity index is 583. The molecule has 5 nitrogen and oxygen atoms in total. The van der Waals surface area contributed by atoms with Crippen LogP contribution in [0.3, 0.4) is 0 Å². The van der Waals surface area contributed by atoms with Crippen molar-refractivity contribution in [2.75, 3.05) is 31.1 Å². The topological polar surface area (TPSA) is 49.9 Å². The largest absolute Gasteiger partial charge is 0.466 e. The second-order valence-electron chi connectivity index (χ2n) is 6.77. The number of ether oxygens (including phenoxy) is 1. The maximum atomic E-state index is 12.8. The molecule has 0 N–H and O–H groups in total. The van der Waals surface area contributed by atoms with Crippen LogP contribution in [0.4, 0.5) is 5.69 Å². The van der Waals surface area contributed by atoms with Gasteiger partial charge in [-0.3, -0.25) is 9.59 Å². The molecule has 1 aromatic rings. The van der Waals surface area contributed by atoms with E-state index in [9.17, 15) is 9.59 Å². The number of likely N-dealkylation sites (tertiary alicyclic amines) is 1. The van der Waals surface area contributed by atoms with E-state index < -0.39 is 0 Å². The van der Waals surface area contributed by atoms with Crippen LogP contribution in [-0.2, 0) is 9.53 Å². The molecule has 0 bridgehead atoms. The van der Waals surface area contributed by atoms with Gasteiger partial charge in [-0.15, -0.1) is 0 Å². The fraction of sp³-hybridized carbons (Fsp3) is 0.600. The number of carbonyl (C=O) groups is 2. The van der Waals surface area contributed by atoms with E-state index in [0.29, 0.717) is 31.3 Å². The smallest absolute Gasteiger partial charge is 0.310 e. The molecule has 25 heavy (non-hydrogen) atoms. The molecule has 1 aliphatic heterocycles. The van der Waals surface area contributed by atoms with Crippen molar-refractivity contribution < 1.29 is 14.3 Å². The Morgan fingerprint density at radius 2 is 1.92 bits per heavy atom. The Morgan fingerprint density at radius 3 is 2.48 bits per heavy atom. The van der Waals surface area contributed by atoms with Crippen molar-refractivity contribution in [2.24, 2.45) is 5.92 Å². The number of benzene rings is 1. The average molecular weight is 346 g/mol. The summed E-state index contributed by atoms with van der Waals surface area (Å²) in [4.78, 5) is 28.8. The van der Waals surface area contributed by atoms with Gasteiger partial charge in [0, 0.05) is 36.9 Å². The zero-order valence-corrected chi connectivity index (χ0v) is 15.8. The zero-order valence-electron chi connectivity index (χ0n) is 15.8. The predicted molar refractivity (Wildman–Crippen MR) is 99.9 cm³/mol. The standard InChI is InChI=1S/C20H30N2O3/c1-5-22(15(3)4)18-11-9-16(10-12-18)19(23)21-13-7-8-17(14-21)20(24)25-6-2/h9-12,15,17H,5-8,13-14H2,1-4H3. The Kier molecular flexibility index (Phi) is 6.85. The summed E-state index contributed by atoms with van der Waals surface area (Å²) in [6.45, 7) is 10.7. The van der Waals surface area contributed by atoms with Crippen LogP contribution < -0.4 is 4.90 Å². The number of hydrogen-bond acceptors (Lipinski definition) is 4. The summed E-state index contributed by atoms with van der Waals surface area (Å²) in [5, 5.41) is 0. The van der Waals surface area contributed by atoms with E-state index in [1.165, 1.54) is 0 Å². The Balaban J connectivity index is 2.06. The van der Waals surface area contributed by atoms with Crippen LogP contribution in [-0.4, -0.2) is 49.1 Å². The van der Waals surface area contributed by atoms with Gasteiger partial charge in [-0.05, 0) is 64.8 Å². The Hall–Kier alpha value is -2.04. The Labute approximate surface area is 150 Å². The highest BCUT2D eigenvalue weighted by atomic mass is 16.5. The van der Waals surface area contributed by atoms with Crippen LogP contribution in [0.2, 0.25) is 0 Å². The number of anilines is 1. The lowest BCUT2D eigenvalue weighted by Crippen LogP contribution is -2.42. The van der Waals surface area contributed by atoms with E-state index in [2.05, 4.69) is 25.7 Å². The third-order valence-electron chi connectivity index (χ3n) is 4.74. The summed E-state index contributed by atoms with van der Waals surface area (Å²) in [5.41, 5.74) is 1.80. The van der Waals surface area contributed by atoms with Crippen molar-refractivity contribution in [1.29, 1.82) is 0 Å². The van der Waals surface area contributed by atoms with E-state index >= 15 is 0 Å². The molecule has 1 saturated heterocycles. The maximum absolute atomic E-state index is 12.8. The van der Waals surface area contributed by atoms with Gasteiger partial charge in [0.15, 0.2) is 0 Å². The summed E-state index contributed by atoms with van der Waals surface area (Å²) in [7, 11) is 0. The van der Waals surface area contributed by atoms with Gasteiger partial charge in [0.05, 0.1) is 12.5 Å². The summed E-state index contributed by atoms with van der Waals surface area (Å²) in [6.07, 6.45) is 1.63. The lowest BCUT2D eigenvalue weighted by Gasteiger charge is -2.32. The fourth-order valence-electron chi connectivity index (χ4n) is 3.44. The molecule has 0 radical (unpaired) electrons. The van der Waals surface area contributed by atoms with Crippen LogP contribution in [0.5, 0.6) is 0 Å². The molecular weight excluding hydrogens is 316 g/mol. The summed E-state index contributed by atoms with van der Waals surface area (Å²) < 4.78 is 5.11. The molecule has 1 amide bonds. The number of carbonyl (C=O) groups excluding carboxylic acids is 2. The lowest BCUT2D eigenvalue weighted by atomic mass is 9.97. The summed E-state index contributed by atoms with van der Waals surface area (Å²) in [6, 6.07) is 8.19. The van der Waals surface area contributed by atoms with Crippen LogP contribution in [0.1, 0.15) is 50.9 Å². The predicted octanol–water partition coefficient (Wildman–Crippen LogP) is 3.34. The minimum Gasteiger partial charge on any atom is -0.466 e. The summed E-state index contributed by atoms with van der Waals surface area (Å²) in [5.74, 6) is -0.396. The van der Waals surface area contributed by atoms with Crippen molar-refractivity contribution in [3.05, 3.63) is 29.8 Å². The highest BCUT2D eigenvalue weighted by Crippen LogP contribution is 2.22. The maximum Gasteiger partial charge on any atom is 0.310 e. The van der Waals surface area contributed by atoms with Crippen LogP contribution in [0.25, 0.3) is 0 Å². The van der Waals surface area contributed by atoms with Crippen LogP contribution in [0, 0.1) is 5.92 Å². The molecule has 1 atom stereocenters. The quantitative estimate of drug-likeness (QED) is 0.741. The molecule has 0 saturated carbocycles. The minimum absolute atomic E-state index is 0.00635. The summed E-state index contributed by atoms with van der Waals surface area (Å²) >= 11 is 0. The molecule has 5 heteroatoms. The van der Waals surface area contributed by atoms with E-state index in [1.54, 1.807) is 4.90 Å². The van der Waals surface area contributed by atoms with Gasteiger partial charge in [0.2, 0.25) is 0 Å². The second-order valence-corrected chi connectivity index (χ2v) is 6.77. The molecule has 138 valence electrons. The SMILES string of the molecule is CCOC(=O)C1CCCN(C(=O)c2ccc(N(CC)C(C)C)cc2)C1. The van der Waals surface area contributed by atoms with Gasteiger partial charge < -0.3 is 14.5 Å². The lowest BCUT2D eigenvalue weighted by molar-refractivity contribution is -0.149. The second kappa shape index (κ2) is 8.88. The number of nitrogens with zero attached hydrogens (tertiary/aromatic N) is 2. The highest BCUT2D eigenvalue weighted by molar-refractivity contribution is 5.95. The molecule has 1 aliphatic rings. The molecule has 0 aliphatic carbocycles. The molecule has 1 unspecified atom stereocenters. The molecule has 2 rings (SSSR count). The monoisotopic (exact) mass is 346 g/mol. The average Bonchev–Trinajstić information content (AvgIpc) is 2.62. The highest BCUT2D eigenvalue weighted by Gasteiger charge is 2.29. The first kappa shape index (κ1) is 19.3. The van der Waals surface area contributed by atoms with Crippen LogP contribution >= 0.6 is 0 Å². The van der Waals surface area contributed by atoms with E-state index in [-0.39, 0.29) is 17.8 Å². The Morgan fingerprint density at radius 1 is 1.24 bits per heavy atom. The van der Waals surface area contributed by atoms with E-state index in [4.69, 9.17) is 4.74 Å². The van der Waals surface area contributed by atoms with E-state index in [1.807, 2.05) is 31.2 Å². The zero-order chi connectivity index (χ0) is 18.4. The molecule has 0 spiro atoms. The molecule has 1 aromatic carbocycles. The fourth-order valence-corrected chi connectivity index (χ4v) is 3.44. The van der Waals surface area contributed by atoms with Gasteiger partial charge in [0.25, 0.3) is 5.91 Å². The van der Waals surface area contributed by atoms with Crippen molar-refractivity contribution in [2.45, 2.75) is 46.6 Å². The number of rotatable bonds is 6. The molecular formula is C20H30N2O3. The van der Waals surface area contributed by atoms with Crippen LogP contribution in [0.15, 0.2) is 24.3 Å². The number of amides is 1. The first-order valence-corrected chi connectivity index (χ1v) is 9.30. The number of esters is 1. The van der Waals surface area contributed by atoms with Crippen molar-refractivity contribution in [3.8, 4) is 0 Å². The normalized spacial score (nSPS) is 17.5. The third-order valence-corrected chi connectivity index (χ3v) is 4.74. The van der Waals surface area contributed by atoms with Crippen molar-refractivity contribution >= 4 is 17.6 Å². The number of hydrogen-bond donors (Lipinski definition) is 0. The van der Waals surface area contributed by atoms with E-state index in [0.717, 1.165) is 25.1 Å². The minimum atomic E-state index is -0.201.